The molecule has 49 heavy (non-hydrogen) atoms. The maximum absolute atomic E-state index is 13.3. The molecule has 0 fully saturated rings. The number of hydrogen-bond acceptors (Lipinski definition) is 10. The number of ketones is 3. The molecule has 3 aromatic carbocycles. The van der Waals surface area contributed by atoms with Crippen LogP contribution in [0.4, 0.5) is 0 Å². The van der Waals surface area contributed by atoms with Crippen molar-refractivity contribution in [3.8, 4) is 23.0 Å². The second-order valence-corrected chi connectivity index (χ2v) is 13.0. The van der Waals surface area contributed by atoms with Gasteiger partial charge in [0.2, 0.25) is 11.4 Å². The lowest BCUT2D eigenvalue weighted by Gasteiger charge is -2.36. The lowest BCUT2D eigenvalue weighted by Crippen LogP contribution is -2.51. The van der Waals surface area contributed by atoms with Gasteiger partial charge in [0.15, 0.2) is 28.7 Å². The monoisotopic (exact) mass is 712 g/mol. The zero-order valence-electron chi connectivity index (χ0n) is 28.5. The molecule has 1 heterocycles. The highest BCUT2D eigenvalue weighted by molar-refractivity contribution is 6.35. The Kier molecular flexibility index (Phi) is 11.4. The number of Topliss-reactive ketones (excluding diaryl/α,β-unsaturated/α-hetero) is 1. The van der Waals surface area contributed by atoms with E-state index in [1.807, 2.05) is 0 Å². The van der Waals surface area contributed by atoms with E-state index in [1.54, 1.807) is 83.1 Å². The Morgan fingerprint density at radius 2 is 1.47 bits per heavy atom. The van der Waals surface area contributed by atoms with E-state index < -0.39 is 23.1 Å². The molecular formula is C37H38Cl2O10. The molecule has 0 unspecified atom stereocenters. The molecule has 1 aliphatic heterocycles. The van der Waals surface area contributed by atoms with Crippen LogP contribution in [0, 0.1) is 5.92 Å². The van der Waals surface area contributed by atoms with E-state index in [9.17, 15) is 19.2 Å². The van der Waals surface area contributed by atoms with Gasteiger partial charge in [-0.1, -0.05) is 30.1 Å². The summed E-state index contributed by atoms with van der Waals surface area (Å²) in [6, 6.07) is 14.9. The third kappa shape index (κ3) is 7.55. The summed E-state index contributed by atoms with van der Waals surface area (Å²) in [6.07, 6.45) is 1.26. The normalized spacial score (nSPS) is 18.1. The lowest BCUT2D eigenvalue weighted by molar-refractivity contribution is -0.163. The standard InChI is InChI=1S/C20H21ClO4.C17H17ClO6/c1-13(2)24-19(23)20(3,4)25-17-11-7-15(8-12-17)18(22)14-5-9-16(21)10-6-14;1-8-5-9(19)6-12(23-4)17(8)16(20)13-10(21-2)7-11(22-3)14(18)15(13)24-17/h5-13H,1-4H3;6-8H,5H2,1-4H3/t;8-,17+/m.1/s1. The largest absolute Gasteiger partial charge is 0.496 e. The number of methoxy groups -OCH3 is 3. The van der Waals surface area contributed by atoms with Crippen molar-refractivity contribution < 1.29 is 47.6 Å². The van der Waals surface area contributed by atoms with Gasteiger partial charge in [0.25, 0.3) is 0 Å². The minimum Gasteiger partial charge on any atom is -0.496 e. The number of halogens is 2. The second kappa shape index (κ2) is 14.9. The van der Waals surface area contributed by atoms with Crippen LogP contribution in [0.2, 0.25) is 10.0 Å². The van der Waals surface area contributed by atoms with Crippen LogP contribution in [0.1, 0.15) is 67.3 Å². The van der Waals surface area contributed by atoms with E-state index >= 15 is 0 Å². The van der Waals surface area contributed by atoms with E-state index in [-0.39, 0.29) is 52.0 Å². The number of allylic oxidation sites excluding steroid dienone is 1. The molecule has 2 atom stereocenters. The molecule has 2 aliphatic rings. The van der Waals surface area contributed by atoms with E-state index in [4.69, 9.17) is 51.6 Å². The van der Waals surface area contributed by atoms with Crippen LogP contribution in [0.25, 0.3) is 0 Å². The van der Waals surface area contributed by atoms with Gasteiger partial charge in [-0.2, -0.15) is 0 Å². The lowest BCUT2D eigenvalue weighted by atomic mass is 9.75. The van der Waals surface area contributed by atoms with Crippen molar-refractivity contribution in [2.75, 3.05) is 21.3 Å². The number of rotatable bonds is 9. The molecule has 12 heteroatoms. The van der Waals surface area contributed by atoms with Crippen molar-refractivity contribution in [1.29, 1.82) is 0 Å². The molecule has 0 bridgehead atoms. The molecule has 260 valence electrons. The van der Waals surface area contributed by atoms with Crippen molar-refractivity contribution in [1.82, 2.24) is 0 Å². The number of ether oxygens (including phenoxy) is 6. The molecule has 5 rings (SSSR count). The van der Waals surface area contributed by atoms with Crippen LogP contribution >= 0.6 is 23.2 Å². The average Bonchev–Trinajstić information content (AvgIpc) is 3.37. The molecule has 3 aromatic rings. The van der Waals surface area contributed by atoms with Crippen molar-refractivity contribution in [3.05, 3.63) is 93.2 Å². The summed E-state index contributed by atoms with van der Waals surface area (Å²) < 4.78 is 32.8. The first-order chi connectivity index (χ1) is 23.1. The Labute approximate surface area is 295 Å². The van der Waals surface area contributed by atoms with Crippen molar-refractivity contribution in [3.63, 3.8) is 0 Å². The van der Waals surface area contributed by atoms with Gasteiger partial charge in [-0.3, -0.25) is 14.4 Å². The molecule has 0 radical (unpaired) electrons. The number of hydrogen-bond donors (Lipinski definition) is 0. The minimum absolute atomic E-state index is 0.110. The van der Waals surface area contributed by atoms with Crippen LogP contribution in [0.15, 0.2) is 66.4 Å². The number of fused-ring (bicyclic) bond motifs is 1. The smallest absolute Gasteiger partial charge is 0.350 e. The van der Waals surface area contributed by atoms with Crippen LogP contribution < -0.4 is 18.9 Å². The van der Waals surface area contributed by atoms with E-state index in [2.05, 4.69) is 0 Å². The van der Waals surface area contributed by atoms with E-state index in [0.717, 1.165) is 0 Å². The third-order valence-corrected chi connectivity index (χ3v) is 8.54. The summed E-state index contributed by atoms with van der Waals surface area (Å²) in [5.41, 5.74) is -1.23. The van der Waals surface area contributed by atoms with Gasteiger partial charge < -0.3 is 28.4 Å². The highest BCUT2D eigenvalue weighted by Gasteiger charge is 2.60. The van der Waals surface area contributed by atoms with Gasteiger partial charge in [-0.25, -0.2) is 4.79 Å². The average molecular weight is 714 g/mol. The summed E-state index contributed by atoms with van der Waals surface area (Å²) in [7, 11) is 4.31. The topological polar surface area (TPSA) is 124 Å². The fourth-order valence-electron chi connectivity index (χ4n) is 5.43. The van der Waals surface area contributed by atoms with Crippen LogP contribution in [-0.2, 0) is 19.1 Å². The number of carbonyl (C=O) groups is 4. The second-order valence-electron chi connectivity index (χ2n) is 12.2. The van der Waals surface area contributed by atoms with Crippen molar-refractivity contribution in [2.24, 2.45) is 5.92 Å². The van der Waals surface area contributed by atoms with Crippen LogP contribution in [-0.4, -0.2) is 62.0 Å². The summed E-state index contributed by atoms with van der Waals surface area (Å²) in [6.45, 7) is 8.62. The highest BCUT2D eigenvalue weighted by Crippen LogP contribution is 2.54. The predicted octanol–water partition coefficient (Wildman–Crippen LogP) is 7.49. The maximum atomic E-state index is 13.3. The molecule has 0 aromatic heterocycles. The summed E-state index contributed by atoms with van der Waals surface area (Å²) in [4.78, 5) is 49.6. The first kappa shape index (κ1) is 37.3. The molecule has 0 saturated heterocycles. The summed E-state index contributed by atoms with van der Waals surface area (Å²) >= 11 is 12.2. The molecule has 1 aliphatic carbocycles. The number of benzene rings is 3. The quantitative estimate of drug-likeness (QED) is 0.163. The van der Waals surface area contributed by atoms with Gasteiger partial charge in [-0.15, -0.1) is 0 Å². The number of esters is 1. The van der Waals surface area contributed by atoms with Gasteiger partial charge in [0.05, 0.1) is 27.4 Å². The van der Waals surface area contributed by atoms with Crippen molar-refractivity contribution >= 4 is 46.5 Å². The van der Waals surface area contributed by atoms with Crippen LogP contribution in [0.5, 0.6) is 23.0 Å². The first-order valence-electron chi connectivity index (χ1n) is 15.4. The van der Waals surface area contributed by atoms with Gasteiger partial charge >= 0.3 is 5.97 Å². The highest BCUT2D eigenvalue weighted by atomic mass is 35.5. The SMILES string of the molecule is CC(C)OC(=O)C(C)(C)Oc1ccc(C(=O)c2ccc(Cl)cc2)cc1.COC1=CC(=O)C[C@@H](C)[C@]12Oc1c(Cl)c(OC)cc(OC)c1C2=O. The minimum atomic E-state index is -1.42. The van der Waals surface area contributed by atoms with Crippen molar-refractivity contribution in [2.45, 2.75) is 58.3 Å². The van der Waals surface area contributed by atoms with E-state index in [0.29, 0.717) is 33.4 Å². The van der Waals surface area contributed by atoms with Gasteiger partial charge in [-0.05, 0) is 76.2 Å². The Morgan fingerprint density at radius 1 is 0.898 bits per heavy atom. The molecule has 1 spiro atoms. The maximum Gasteiger partial charge on any atom is 0.350 e. The Hall–Kier alpha value is -4.54. The van der Waals surface area contributed by atoms with Crippen LogP contribution in [0.3, 0.4) is 0 Å². The Bertz CT molecular complexity index is 1780. The Balaban J connectivity index is 0.000000221. The number of carbonyl (C=O) groups excluding carboxylic acids is 4. The molecule has 0 saturated carbocycles. The molecular weight excluding hydrogens is 675 g/mol. The van der Waals surface area contributed by atoms with Gasteiger partial charge in [0.1, 0.15) is 27.8 Å². The Morgan fingerprint density at radius 3 is 2.00 bits per heavy atom. The fraction of sp³-hybridized carbons (Fsp3) is 0.351. The fourth-order valence-corrected chi connectivity index (χ4v) is 5.82. The molecule has 0 N–H and O–H groups in total. The molecule has 0 amide bonds. The van der Waals surface area contributed by atoms with Gasteiger partial charge in [0, 0.05) is 40.6 Å². The summed E-state index contributed by atoms with van der Waals surface area (Å²) in [5, 5.41) is 0.758. The first-order valence-corrected chi connectivity index (χ1v) is 16.1. The zero-order chi connectivity index (χ0) is 36.3. The molecule has 10 nitrogen and oxygen atoms in total. The summed E-state index contributed by atoms with van der Waals surface area (Å²) in [5.74, 6) is 0.0410. The predicted molar refractivity (Wildman–Crippen MR) is 183 cm³/mol. The van der Waals surface area contributed by atoms with E-state index in [1.165, 1.54) is 33.5 Å². The third-order valence-electron chi connectivity index (χ3n) is 7.93. The zero-order valence-corrected chi connectivity index (χ0v) is 30.0.